The van der Waals surface area contributed by atoms with E-state index in [0.717, 1.165) is 16.3 Å². The molecule has 0 atom stereocenters. The van der Waals surface area contributed by atoms with Gasteiger partial charge in [-0.1, -0.05) is 35.3 Å². The van der Waals surface area contributed by atoms with Crippen LogP contribution in [0.25, 0.3) is 0 Å². The minimum Gasteiger partial charge on any atom is -0.349 e. The van der Waals surface area contributed by atoms with Crippen LogP contribution in [-0.4, -0.2) is 19.3 Å². The Bertz CT molecular complexity index is 1130. The van der Waals surface area contributed by atoms with Crippen LogP contribution in [0.4, 0.5) is 5.69 Å². The van der Waals surface area contributed by atoms with Gasteiger partial charge in [0.05, 0.1) is 27.9 Å². The third-order valence-corrected chi connectivity index (χ3v) is 6.96. The first kappa shape index (κ1) is 21.6. The second-order valence-corrected chi connectivity index (χ2v) is 9.65. The van der Waals surface area contributed by atoms with Crippen LogP contribution in [0.2, 0.25) is 10.0 Å². The zero-order valence-electron chi connectivity index (χ0n) is 15.3. The number of rotatable bonds is 7. The van der Waals surface area contributed by atoms with Gasteiger partial charge in [-0.2, -0.15) is 0 Å². The Morgan fingerprint density at radius 3 is 2.45 bits per heavy atom. The number of hydrogen-bond acceptors (Lipinski definition) is 5. The van der Waals surface area contributed by atoms with Crippen LogP contribution in [0.15, 0.2) is 52.7 Å². The van der Waals surface area contributed by atoms with Gasteiger partial charge in [-0.25, -0.2) is 13.4 Å². The Labute approximate surface area is 182 Å². The van der Waals surface area contributed by atoms with E-state index in [1.165, 1.54) is 29.5 Å². The van der Waals surface area contributed by atoms with Gasteiger partial charge in [0.15, 0.2) is 0 Å². The van der Waals surface area contributed by atoms with Crippen LogP contribution in [0.5, 0.6) is 0 Å². The van der Waals surface area contributed by atoms with Gasteiger partial charge >= 0.3 is 0 Å². The summed E-state index contributed by atoms with van der Waals surface area (Å²) in [5.41, 5.74) is 2.06. The largest absolute Gasteiger partial charge is 0.349 e. The van der Waals surface area contributed by atoms with Crippen molar-refractivity contribution in [2.24, 2.45) is 0 Å². The van der Waals surface area contributed by atoms with Gasteiger partial charge in [0, 0.05) is 16.8 Å². The molecular weight excluding hydrogens is 453 g/mol. The zero-order valence-corrected chi connectivity index (χ0v) is 18.4. The van der Waals surface area contributed by atoms with Crippen molar-refractivity contribution >= 4 is 56.2 Å². The molecule has 1 heterocycles. The molecule has 3 aromatic rings. The summed E-state index contributed by atoms with van der Waals surface area (Å²) >= 11 is 13.2. The molecule has 0 fully saturated rings. The number of aryl methyl sites for hydroxylation is 1. The summed E-state index contributed by atoms with van der Waals surface area (Å²) in [7, 11) is -3.80. The van der Waals surface area contributed by atoms with Crippen LogP contribution in [-0.2, 0) is 27.8 Å². The molecule has 1 aromatic heterocycles. The maximum absolute atomic E-state index is 12.5. The maximum atomic E-state index is 12.5. The first-order chi connectivity index (χ1) is 13.7. The van der Waals surface area contributed by atoms with Gasteiger partial charge < -0.3 is 5.32 Å². The van der Waals surface area contributed by atoms with Crippen molar-refractivity contribution < 1.29 is 13.2 Å². The third-order valence-electron chi connectivity index (χ3n) is 3.88. The molecule has 0 spiro atoms. The van der Waals surface area contributed by atoms with Crippen molar-refractivity contribution in [2.45, 2.75) is 24.8 Å². The second kappa shape index (κ2) is 9.13. The Balaban J connectivity index is 1.59. The molecule has 1 amide bonds. The van der Waals surface area contributed by atoms with Crippen LogP contribution in [0.1, 0.15) is 16.3 Å². The van der Waals surface area contributed by atoms with E-state index >= 15 is 0 Å². The summed E-state index contributed by atoms with van der Waals surface area (Å²) in [6, 6.07) is 10.7. The molecule has 2 aromatic carbocycles. The van der Waals surface area contributed by atoms with Crippen molar-refractivity contribution in [3.05, 3.63) is 74.2 Å². The predicted molar refractivity (Wildman–Crippen MR) is 116 cm³/mol. The minimum atomic E-state index is -3.80. The number of nitrogens with one attached hydrogen (secondary N) is 2. The van der Waals surface area contributed by atoms with Gasteiger partial charge in [0.2, 0.25) is 5.91 Å². The van der Waals surface area contributed by atoms with Crippen molar-refractivity contribution in [1.82, 2.24) is 10.3 Å². The van der Waals surface area contributed by atoms with E-state index in [1.807, 2.05) is 12.3 Å². The minimum absolute atomic E-state index is 0.00720. The number of carbonyl (C=O) groups excluding carboxylic acids is 1. The molecule has 152 valence electrons. The topological polar surface area (TPSA) is 88.2 Å². The second-order valence-electron chi connectivity index (χ2n) is 6.21. The highest BCUT2D eigenvalue weighted by Gasteiger charge is 2.16. The highest BCUT2D eigenvalue weighted by atomic mass is 35.5. The van der Waals surface area contributed by atoms with E-state index in [-0.39, 0.29) is 27.3 Å². The fraction of sp³-hybridized carbons (Fsp3) is 0.158. The van der Waals surface area contributed by atoms with Crippen LogP contribution in [0.3, 0.4) is 0 Å². The van der Waals surface area contributed by atoms with Crippen molar-refractivity contribution in [3.8, 4) is 0 Å². The molecule has 29 heavy (non-hydrogen) atoms. The fourth-order valence-electron chi connectivity index (χ4n) is 2.45. The first-order valence-electron chi connectivity index (χ1n) is 8.47. The van der Waals surface area contributed by atoms with Gasteiger partial charge in [-0.3, -0.25) is 9.52 Å². The average Bonchev–Trinajstić information content (AvgIpc) is 3.09. The van der Waals surface area contributed by atoms with Gasteiger partial charge in [0.25, 0.3) is 10.0 Å². The van der Waals surface area contributed by atoms with Crippen molar-refractivity contribution in [2.75, 3.05) is 4.72 Å². The van der Waals surface area contributed by atoms with E-state index in [1.54, 1.807) is 24.3 Å². The number of benzene rings is 2. The monoisotopic (exact) mass is 469 g/mol. The predicted octanol–water partition coefficient (Wildman–Crippen LogP) is 4.42. The van der Waals surface area contributed by atoms with Crippen LogP contribution in [0, 0.1) is 6.92 Å². The van der Waals surface area contributed by atoms with Crippen LogP contribution < -0.4 is 10.0 Å². The lowest BCUT2D eigenvalue weighted by molar-refractivity contribution is -0.120. The molecular formula is C19H17Cl2N3O3S2. The molecule has 0 radical (unpaired) electrons. The summed E-state index contributed by atoms with van der Waals surface area (Å²) < 4.78 is 27.4. The SMILES string of the molecule is Cc1csc(CNC(=O)Cc2ccc(NS(=O)(=O)c3ccc(Cl)c(Cl)c3)cc2)n1. The lowest BCUT2D eigenvalue weighted by Crippen LogP contribution is -2.24. The number of nitrogens with zero attached hydrogens (tertiary/aromatic N) is 1. The molecule has 10 heteroatoms. The number of sulfonamides is 1. The Morgan fingerprint density at radius 1 is 1.10 bits per heavy atom. The summed E-state index contributed by atoms with van der Waals surface area (Å²) in [5, 5.41) is 6.03. The zero-order chi connectivity index (χ0) is 21.0. The highest BCUT2D eigenvalue weighted by molar-refractivity contribution is 7.92. The number of thiazole rings is 1. The molecule has 0 aliphatic carbocycles. The quantitative estimate of drug-likeness (QED) is 0.535. The normalized spacial score (nSPS) is 11.3. The van der Waals surface area contributed by atoms with Crippen molar-refractivity contribution in [1.29, 1.82) is 0 Å². The average molecular weight is 470 g/mol. The summed E-state index contributed by atoms with van der Waals surface area (Å²) in [5.74, 6) is -0.137. The van der Waals surface area contributed by atoms with Gasteiger partial charge in [-0.15, -0.1) is 11.3 Å². The molecule has 0 bridgehead atoms. The Morgan fingerprint density at radius 2 is 1.83 bits per heavy atom. The summed E-state index contributed by atoms with van der Waals surface area (Å²) in [6.07, 6.45) is 0.185. The number of amides is 1. The standard InChI is InChI=1S/C19H17Cl2N3O3S2/c1-12-11-28-19(23-12)10-22-18(25)8-13-2-4-14(5-3-13)24-29(26,27)15-6-7-16(20)17(21)9-15/h2-7,9,11,24H,8,10H2,1H3,(H,22,25). The number of carbonyl (C=O) groups is 1. The van der Waals surface area contributed by atoms with E-state index in [0.29, 0.717) is 12.2 Å². The number of anilines is 1. The molecule has 3 rings (SSSR count). The number of aromatic nitrogens is 1. The molecule has 6 nitrogen and oxygen atoms in total. The van der Waals surface area contributed by atoms with E-state index < -0.39 is 10.0 Å². The summed E-state index contributed by atoms with van der Waals surface area (Å²) in [4.78, 5) is 16.4. The smallest absolute Gasteiger partial charge is 0.261 e. The molecule has 0 saturated heterocycles. The fourth-order valence-corrected chi connectivity index (χ4v) is 4.61. The Kier molecular flexibility index (Phi) is 6.79. The van der Waals surface area contributed by atoms with Gasteiger partial charge in [0.1, 0.15) is 5.01 Å². The number of hydrogen-bond donors (Lipinski definition) is 2. The molecule has 0 unspecified atom stereocenters. The first-order valence-corrected chi connectivity index (χ1v) is 11.6. The lowest BCUT2D eigenvalue weighted by Gasteiger charge is -2.10. The van der Waals surface area contributed by atoms with E-state index in [9.17, 15) is 13.2 Å². The number of halogens is 2. The Hall–Kier alpha value is -2.13. The molecule has 0 aliphatic rings. The van der Waals surface area contributed by atoms with Gasteiger partial charge in [-0.05, 0) is 42.8 Å². The van der Waals surface area contributed by atoms with E-state index in [4.69, 9.17) is 23.2 Å². The molecule has 0 saturated carbocycles. The third kappa shape index (κ3) is 5.93. The molecule has 2 N–H and O–H groups in total. The summed E-state index contributed by atoms with van der Waals surface area (Å²) in [6.45, 7) is 2.29. The molecule has 0 aliphatic heterocycles. The van der Waals surface area contributed by atoms with Crippen LogP contribution >= 0.6 is 34.5 Å². The lowest BCUT2D eigenvalue weighted by atomic mass is 10.1. The maximum Gasteiger partial charge on any atom is 0.261 e. The van der Waals surface area contributed by atoms with E-state index in [2.05, 4.69) is 15.0 Å². The van der Waals surface area contributed by atoms with Crippen molar-refractivity contribution in [3.63, 3.8) is 0 Å². The highest BCUT2D eigenvalue weighted by Crippen LogP contribution is 2.26.